The molecule has 7 nitrogen and oxygen atoms in total. The third-order valence-corrected chi connectivity index (χ3v) is 5.10. The zero-order chi connectivity index (χ0) is 20.6. The quantitative estimate of drug-likeness (QED) is 0.578. The Kier molecular flexibility index (Phi) is 7.27. The molecule has 1 aromatic carbocycles. The molecule has 2 aromatic rings. The van der Waals surface area contributed by atoms with Crippen LogP contribution < -0.4 is 10.6 Å². The number of carbonyl (C=O) groups excluding carboxylic acids is 1. The molecule has 0 aliphatic heterocycles. The molecule has 1 aromatic heterocycles. The lowest BCUT2D eigenvalue weighted by Gasteiger charge is -2.25. The zero-order valence-electron chi connectivity index (χ0n) is 17.6. The molecule has 7 heteroatoms. The first-order valence-electron chi connectivity index (χ1n) is 10.3. The van der Waals surface area contributed by atoms with Crippen molar-refractivity contribution in [1.29, 1.82) is 0 Å². The van der Waals surface area contributed by atoms with Crippen LogP contribution in [0, 0.1) is 6.92 Å². The van der Waals surface area contributed by atoms with Crippen LogP contribution in [0.5, 0.6) is 0 Å². The van der Waals surface area contributed by atoms with Crippen LogP contribution in [0.3, 0.4) is 0 Å². The van der Waals surface area contributed by atoms with E-state index in [0.29, 0.717) is 24.4 Å². The first kappa shape index (κ1) is 20.9. The van der Waals surface area contributed by atoms with E-state index in [-0.39, 0.29) is 12.5 Å². The normalized spacial score (nSPS) is 15.2. The fourth-order valence-electron chi connectivity index (χ4n) is 3.28. The van der Waals surface area contributed by atoms with Crippen molar-refractivity contribution in [2.45, 2.75) is 51.6 Å². The SMILES string of the molecule is Cc1ccc(-c2nc(CN=C(NCC(=O)N(C)C)NC3CCCCC3)co2)cc1. The summed E-state index contributed by atoms with van der Waals surface area (Å²) in [6, 6.07) is 8.46. The average Bonchev–Trinajstić information content (AvgIpc) is 3.20. The standard InChI is InChI=1S/C22H31N5O2/c1-16-9-11-17(12-10-16)21-25-19(15-29-21)13-23-22(24-14-20(28)27(2)3)26-18-7-5-4-6-8-18/h9-12,15,18H,4-8,13-14H2,1-3H3,(H2,23,24,26). The Morgan fingerprint density at radius 3 is 2.62 bits per heavy atom. The minimum Gasteiger partial charge on any atom is -0.444 e. The molecule has 1 aliphatic rings. The summed E-state index contributed by atoms with van der Waals surface area (Å²) in [6.07, 6.45) is 7.64. The Morgan fingerprint density at radius 1 is 1.21 bits per heavy atom. The van der Waals surface area contributed by atoms with Crippen LogP contribution in [-0.2, 0) is 11.3 Å². The van der Waals surface area contributed by atoms with Gasteiger partial charge in [-0.1, -0.05) is 37.0 Å². The Balaban J connectivity index is 1.65. The van der Waals surface area contributed by atoms with Gasteiger partial charge in [-0.2, -0.15) is 0 Å². The summed E-state index contributed by atoms with van der Waals surface area (Å²) in [5.74, 6) is 1.24. The minimum absolute atomic E-state index is 0.00578. The number of carbonyl (C=O) groups is 1. The molecule has 1 amide bonds. The van der Waals surface area contributed by atoms with Gasteiger partial charge in [-0.05, 0) is 31.9 Å². The molecule has 1 fully saturated rings. The number of rotatable bonds is 6. The predicted octanol–water partition coefficient (Wildman–Crippen LogP) is 3.11. The summed E-state index contributed by atoms with van der Waals surface area (Å²) in [4.78, 5) is 22.7. The van der Waals surface area contributed by atoms with Crippen LogP contribution in [0.15, 0.2) is 39.9 Å². The van der Waals surface area contributed by atoms with Gasteiger partial charge in [-0.25, -0.2) is 9.98 Å². The topological polar surface area (TPSA) is 82.8 Å². The van der Waals surface area contributed by atoms with Gasteiger partial charge < -0.3 is 20.0 Å². The summed E-state index contributed by atoms with van der Waals surface area (Å²) in [5.41, 5.74) is 2.90. The molecule has 1 heterocycles. The van der Waals surface area contributed by atoms with Crippen LogP contribution in [0.4, 0.5) is 0 Å². The number of nitrogens with one attached hydrogen (secondary N) is 2. The number of likely N-dealkylation sites (N-methyl/N-ethyl adjacent to an activating group) is 1. The fourth-order valence-corrected chi connectivity index (χ4v) is 3.28. The first-order chi connectivity index (χ1) is 14.0. The third-order valence-electron chi connectivity index (χ3n) is 5.10. The number of benzene rings is 1. The average molecular weight is 398 g/mol. The van der Waals surface area contributed by atoms with Gasteiger partial charge >= 0.3 is 0 Å². The first-order valence-corrected chi connectivity index (χ1v) is 10.3. The van der Waals surface area contributed by atoms with Gasteiger partial charge in [-0.3, -0.25) is 4.79 Å². The number of hydrogen-bond donors (Lipinski definition) is 2. The summed E-state index contributed by atoms with van der Waals surface area (Å²) in [5, 5.41) is 6.63. The van der Waals surface area contributed by atoms with Gasteiger partial charge in [0.05, 0.1) is 13.1 Å². The van der Waals surface area contributed by atoms with Gasteiger partial charge in [0.25, 0.3) is 0 Å². The molecule has 0 unspecified atom stereocenters. The Hall–Kier alpha value is -2.83. The predicted molar refractivity (Wildman–Crippen MR) is 115 cm³/mol. The van der Waals surface area contributed by atoms with E-state index in [9.17, 15) is 4.79 Å². The maximum Gasteiger partial charge on any atom is 0.241 e. The molecule has 0 spiro atoms. The van der Waals surface area contributed by atoms with Crippen LogP contribution in [0.2, 0.25) is 0 Å². The van der Waals surface area contributed by atoms with E-state index < -0.39 is 0 Å². The highest BCUT2D eigenvalue weighted by Gasteiger charge is 2.16. The van der Waals surface area contributed by atoms with Gasteiger partial charge in [0, 0.05) is 25.7 Å². The number of amides is 1. The summed E-state index contributed by atoms with van der Waals surface area (Å²) >= 11 is 0. The maximum absolute atomic E-state index is 12.0. The van der Waals surface area contributed by atoms with Gasteiger partial charge in [0.2, 0.25) is 11.8 Å². The van der Waals surface area contributed by atoms with Crippen LogP contribution in [-0.4, -0.2) is 48.4 Å². The van der Waals surface area contributed by atoms with Gasteiger partial charge in [0.1, 0.15) is 12.0 Å². The van der Waals surface area contributed by atoms with E-state index in [1.54, 1.807) is 25.3 Å². The van der Waals surface area contributed by atoms with Crippen LogP contribution in [0.1, 0.15) is 43.4 Å². The lowest BCUT2D eigenvalue weighted by Crippen LogP contribution is -2.47. The highest BCUT2D eigenvalue weighted by atomic mass is 16.3. The monoisotopic (exact) mass is 397 g/mol. The zero-order valence-corrected chi connectivity index (χ0v) is 17.6. The molecular formula is C22H31N5O2. The summed E-state index contributed by atoms with van der Waals surface area (Å²) in [6.45, 7) is 2.64. The van der Waals surface area contributed by atoms with Crippen molar-refractivity contribution in [2.75, 3.05) is 20.6 Å². The molecule has 0 radical (unpaired) electrons. The molecule has 0 atom stereocenters. The number of aromatic nitrogens is 1. The largest absolute Gasteiger partial charge is 0.444 e. The highest BCUT2D eigenvalue weighted by Crippen LogP contribution is 2.20. The maximum atomic E-state index is 12.0. The number of oxazole rings is 1. The molecule has 0 saturated heterocycles. The lowest BCUT2D eigenvalue weighted by molar-refractivity contribution is -0.127. The molecular weight excluding hydrogens is 366 g/mol. The van der Waals surface area contributed by atoms with Crippen LogP contribution in [0.25, 0.3) is 11.5 Å². The summed E-state index contributed by atoms with van der Waals surface area (Å²) in [7, 11) is 3.49. The number of nitrogens with zero attached hydrogens (tertiary/aromatic N) is 3. The van der Waals surface area contributed by atoms with E-state index >= 15 is 0 Å². The molecule has 2 N–H and O–H groups in total. The second kappa shape index (κ2) is 10.1. The van der Waals surface area contributed by atoms with Crippen LogP contribution >= 0.6 is 0 Å². The Labute approximate surface area is 172 Å². The van der Waals surface area contributed by atoms with E-state index in [1.165, 1.54) is 24.8 Å². The van der Waals surface area contributed by atoms with E-state index in [2.05, 4.69) is 20.6 Å². The van der Waals surface area contributed by atoms with Gasteiger partial charge in [-0.15, -0.1) is 0 Å². The van der Waals surface area contributed by atoms with Crippen molar-refractivity contribution in [2.24, 2.45) is 4.99 Å². The van der Waals surface area contributed by atoms with Gasteiger partial charge in [0.15, 0.2) is 5.96 Å². The summed E-state index contributed by atoms with van der Waals surface area (Å²) < 4.78 is 5.62. The minimum atomic E-state index is 0.00578. The lowest BCUT2D eigenvalue weighted by atomic mass is 9.96. The number of aliphatic imine (C=N–C) groups is 1. The van der Waals surface area contributed by atoms with Crippen molar-refractivity contribution in [3.05, 3.63) is 41.8 Å². The second-order valence-electron chi connectivity index (χ2n) is 7.80. The molecule has 0 bridgehead atoms. The van der Waals surface area contributed by atoms with Crippen molar-refractivity contribution >= 4 is 11.9 Å². The number of aryl methyl sites for hydroxylation is 1. The third kappa shape index (κ3) is 6.34. The van der Waals surface area contributed by atoms with Crippen molar-refractivity contribution in [3.8, 4) is 11.5 Å². The van der Waals surface area contributed by atoms with Crippen molar-refractivity contribution in [1.82, 2.24) is 20.5 Å². The molecule has 156 valence electrons. The highest BCUT2D eigenvalue weighted by molar-refractivity contribution is 5.86. The molecule has 1 aliphatic carbocycles. The smallest absolute Gasteiger partial charge is 0.241 e. The second-order valence-corrected chi connectivity index (χ2v) is 7.80. The molecule has 29 heavy (non-hydrogen) atoms. The Morgan fingerprint density at radius 2 is 1.93 bits per heavy atom. The van der Waals surface area contributed by atoms with E-state index in [1.807, 2.05) is 31.2 Å². The number of hydrogen-bond acceptors (Lipinski definition) is 4. The van der Waals surface area contributed by atoms with Crippen molar-refractivity contribution in [3.63, 3.8) is 0 Å². The Bertz CT molecular complexity index is 820. The molecule has 1 saturated carbocycles. The van der Waals surface area contributed by atoms with E-state index in [0.717, 1.165) is 24.1 Å². The van der Waals surface area contributed by atoms with E-state index in [4.69, 9.17) is 4.42 Å². The number of guanidine groups is 1. The molecule has 3 rings (SSSR count). The fraction of sp³-hybridized carbons (Fsp3) is 0.500. The van der Waals surface area contributed by atoms with Crippen molar-refractivity contribution < 1.29 is 9.21 Å².